The van der Waals surface area contributed by atoms with Crippen molar-refractivity contribution in [3.8, 4) is 28.1 Å². The Morgan fingerprint density at radius 2 is 2.05 bits per heavy atom. The zero-order valence-corrected chi connectivity index (χ0v) is 24.3. The van der Waals surface area contributed by atoms with Gasteiger partial charge in [-0.25, -0.2) is 14.4 Å². The average Bonchev–Trinajstić information content (AvgIpc) is 3.57. The number of hydrogen-bond acceptors (Lipinski definition) is 6. The van der Waals surface area contributed by atoms with Gasteiger partial charge in [-0.15, -0.1) is 0 Å². The topological polar surface area (TPSA) is 83.7 Å². The smallest absolute Gasteiger partial charge is 0.307 e. The van der Waals surface area contributed by atoms with Crippen LogP contribution in [0.2, 0.25) is 0 Å². The van der Waals surface area contributed by atoms with Crippen LogP contribution < -0.4 is 9.64 Å². The number of aromatic nitrogens is 3. The van der Waals surface area contributed by atoms with Crippen LogP contribution in [0, 0.1) is 19.7 Å². The van der Waals surface area contributed by atoms with Crippen molar-refractivity contribution in [1.82, 2.24) is 19.4 Å². The van der Waals surface area contributed by atoms with Gasteiger partial charge in [-0.3, -0.25) is 4.79 Å². The summed E-state index contributed by atoms with van der Waals surface area (Å²) in [6.45, 7) is 6.18. The van der Waals surface area contributed by atoms with Gasteiger partial charge in [0.05, 0.1) is 18.7 Å². The molecule has 2 aliphatic rings. The molecule has 1 atom stereocenters. The molecule has 1 N–H and O–H groups in total. The number of carboxylic acid groups (broad SMARTS) is 1. The van der Waals surface area contributed by atoms with Crippen molar-refractivity contribution in [1.29, 1.82) is 0 Å². The summed E-state index contributed by atoms with van der Waals surface area (Å²) in [6.07, 6.45) is 4.26. The molecule has 0 bridgehead atoms. The molecule has 1 aromatic carbocycles. The molecule has 1 unspecified atom stereocenters. The number of halogens is 1. The van der Waals surface area contributed by atoms with Crippen LogP contribution in [0.5, 0.6) is 5.75 Å². The van der Waals surface area contributed by atoms with Gasteiger partial charge < -0.3 is 24.2 Å². The Bertz CT molecular complexity index is 1680. The summed E-state index contributed by atoms with van der Waals surface area (Å²) < 4.78 is 23.2. The number of aryl methyl sites for hydroxylation is 2. The predicted molar refractivity (Wildman–Crippen MR) is 158 cm³/mol. The number of carboxylic acids is 1. The van der Waals surface area contributed by atoms with Crippen molar-refractivity contribution >= 4 is 22.8 Å². The Labute approximate surface area is 239 Å². The first kappa shape index (κ1) is 27.2. The Kier molecular flexibility index (Phi) is 6.93. The average molecular weight is 558 g/mol. The van der Waals surface area contributed by atoms with Gasteiger partial charge in [0.2, 0.25) is 0 Å². The van der Waals surface area contributed by atoms with E-state index < -0.39 is 11.8 Å². The lowest BCUT2D eigenvalue weighted by Gasteiger charge is -2.23. The third kappa shape index (κ3) is 4.72. The van der Waals surface area contributed by atoms with Crippen LogP contribution in [-0.4, -0.2) is 70.3 Å². The number of nitrogens with zero attached hydrogens (tertiary/aromatic N) is 5. The van der Waals surface area contributed by atoms with Crippen LogP contribution >= 0.6 is 0 Å². The zero-order valence-electron chi connectivity index (χ0n) is 24.3. The van der Waals surface area contributed by atoms with Crippen molar-refractivity contribution in [2.24, 2.45) is 7.05 Å². The molecule has 2 aliphatic heterocycles. The normalized spacial score (nSPS) is 16.9. The van der Waals surface area contributed by atoms with Gasteiger partial charge >= 0.3 is 5.97 Å². The molecule has 1 fully saturated rings. The SMILES string of the molecule is Cc1nc2c(cc(-c3ccnc(N4CCC(N(C)C)C4)c3)n2C)c(-c2cc(F)c3c(c2C)CCCO3)c1CC(=O)O. The van der Waals surface area contributed by atoms with Gasteiger partial charge in [-0.2, -0.15) is 0 Å². The lowest BCUT2D eigenvalue weighted by molar-refractivity contribution is -0.136. The zero-order chi connectivity index (χ0) is 29.0. The molecule has 214 valence electrons. The molecule has 0 aliphatic carbocycles. The molecule has 0 spiro atoms. The largest absolute Gasteiger partial charge is 0.490 e. The van der Waals surface area contributed by atoms with Gasteiger partial charge in [-0.1, -0.05) is 0 Å². The van der Waals surface area contributed by atoms with E-state index in [4.69, 9.17) is 9.72 Å². The number of aliphatic carboxylic acids is 1. The van der Waals surface area contributed by atoms with Gasteiger partial charge in [0.1, 0.15) is 11.5 Å². The molecule has 5 heterocycles. The van der Waals surface area contributed by atoms with E-state index in [1.54, 1.807) is 0 Å². The standard InChI is InChI=1S/C32H36FN5O3/c1-18-22-7-6-12-41-31(22)26(33)14-23(18)30-24(16-29(39)40)19(2)35-32-25(30)15-27(37(32)5)20-8-10-34-28(13-20)38-11-9-21(17-38)36(3)4/h8,10,13-15,21H,6-7,9,11-12,16-17H2,1-5H3,(H,39,40). The van der Waals surface area contributed by atoms with Gasteiger partial charge in [0.25, 0.3) is 0 Å². The molecule has 0 amide bonds. The lowest BCUT2D eigenvalue weighted by atomic mass is 9.87. The number of carbonyl (C=O) groups is 1. The third-order valence-electron chi connectivity index (χ3n) is 8.78. The summed E-state index contributed by atoms with van der Waals surface area (Å²) in [7, 11) is 6.20. The maximum Gasteiger partial charge on any atom is 0.307 e. The minimum Gasteiger partial charge on any atom is -0.490 e. The molecule has 41 heavy (non-hydrogen) atoms. The van der Waals surface area contributed by atoms with Crippen LogP contribution in [0.4, 0.5) is 10.2 Å². The first-order valence-corrected chi connectivity index (χ1v) is 14.2. The summed E-state index contributed by atoms with van der Waals surface area (Å²) in [6, 6.07) is 8.15. The third-order valence-corrected chi connectivity index (χ3v) is 8.78. The number of anilines is 1. The Balaban J connectivity index is 1.54. The maximum absolute atomic E-state index is 15.4. The molecule has 6 rings (SSSR count). The van der Waals surface area contributed by atoms with Crippen LogP contribution in [0.3, 0.4) is 0 Å². The van der Waals surface area contributed by atoms with E-state index in [0.717, 1.165) is 77.2 Å². The quantitative estimate of drug-likeness (QED) is 0.351. The monoisotopic (exact) mass is 557 g/mol. The highest BCUT2D eigenvalue weighted by Crippen LogP contribution is 2.43. The first-order chi connectivity index (χ1) is 19.6. The fourth-order valence-electron chi connectivity index (χ4n) is 6.47. The Hall–Kier alpha value is -3.98. The molecule has 0 saturated carbocycles. The summed E-state index contributed by atoms with van der Waals surface area (Å²) in [5.74, 6) is -0.122. The van der Waals surface area contributed by atoms with E-state index >= 15 is 4.39 Å². The van der Waals surface area contributed by atoms with Crippen molar-refractivity contribution in [3.63, 3.8) is 0 Å². The highest BCUT2D eigenvalue weighted by atomic mass is 19.1. The molecular weight excluding hydrogens is 521 g/mol. The molecular formula is C32H36FN5O3. The number of hydrogen-bond donors (Lipinski definition) is 1. The van der Waals surface area contributed by atoms with Crippen molar-refractivity contribution in [2.75, 3.05) is 38.7 Å². The summed E-state index contributed by atoms with van der Waals surface area (Å²) in [5, 5.41) is 10.6. The Morgan fingerprint density at radius 3 is 2.78 bits per heavy atom. The van der Waals surface area contributed by atoms with Crippen molar-refractivity contribution < 1.29 is 19.0 Å². The van der Waals surface area contributed by atoms with Crippen LogP contribution in [0.1, 0.15) is 35.2 Å². The second-order valence-corrected chi connectivity index (χ2v) is 11.5. The van der Waals surface area contributed by atoms with E-state index in [9.17, 15) is 9.90 Å². The highest BCUT2D eigenvalue weighted by molar-refractivity contribution is 6.01. The van der Waals surface area contributed by atoms with E-state index in [0.29, 0.717) is 35.2 Å². The molecule has 1 saturated heterocycles. The van der Waals surface area contributed by atoms with Gasteiger partial charge in [0.15, 0.2) is 11.6 Å². The molecule has 9 heteroatoms. The summed E-state index contributed by atoms with van der Waals surface area (Å²) in [4.78, 5) is 26.1. The number of benzene rings is 1. The number of rotatable bonds is 6. The number of pyridine rings is 2. The molecule has 0 radical (unpaired) electrons. The minimum absolute atomic E-state index is 0.204. The van der Waals surface area contributed by atoms with Crippen molar-refractivity contribution in [3.05, 3.63) is 58.7 Å². The second-order valence-electron chi connectivity index (χ2n) is 11.5. The number of fused-ring (bicyclic) bond motifs is 2. The van der Waals surface area contributed by atoms with Crippen molar-refractivity contribution in [2.45, 2.75) is 45.6 Å². The maximum atomic E-state index is 15.4. The van der Waals surface area contributed by atoms with E-state index in [-0.39, 0.29) is 6.42 Å². The Morgan fingerprint density at radius 1 is 1.24 bits per heavy atom. The fourth-order valence-corrected chi connectivity index (χ4v) is 6.47. The second kappa shape index (κ2) is 10.4. The van der Waals surface area contributed by atoms with Gasteiger partial charge in [-0.05, 0) is 93.7 Å². The molecule has 8 nitrogen and oxygen atoms in total. The molecule has 4 aromatic rings. The van der Waals surface area contributed by atoms with Gasteiger partial charge in [0, 0.05) is 54.6 Å². The first-order valence-electron chi connectivity index (χ1n) is 14.2. The summed E-state index contributed by atoms with van der Waals surface area (Å²) >= 11 is 0. The number of likely N-dealkylation sites (N-methyl/N-ethyl adjacent to an activating group) is 1. The lowest BCUT2D eigenvalue weighted by Crippen LogP contribution is -2.31. The fraction of sp³-hybridized carbons (Fsp3) is 0.406. The predicted octanol–water partition coefficient (Wildman–Crippen LogP) is 5.15. The van der Waals surface area contributed by atoms with Crippen LogP contribution in [-0.2, 0) is 24.7 Å². The molecule has 3 aromatic heterocycles. The van der Waals surface area contributed by atoms with Crippen LogP contribution in [0.15, 0.2) is 30.5 Å². The van der Waals surface area contributed by atoms with E-state index in [2.05, 4.69) is 41.0 Å². The van der Waals surface area contributed by atoms with E-state index in [1.807, 2.05) is 37.7 Å². The van der Waals surface area contributed by atoms with Crippen LogP contribution in [0.25, 0.3) is 33.4 Å². The highest BCUT2D eigenvalue weighted by Gasteiger charge is 2.28. The summed E-state index contributed by atoms with van der Waals surface area (Å²) in [5.41, 5.74) is 7.07. The van der Waals surface area contributed by atoms with E-state index in [1.165, 1.54) is 6.07 Å². The minimum atomic E-state index is -0.952. The number of ether oxygens (including phenoxy) is 1.